The summed E-state index contributed by atoms with van der Waals surface area (Å²) in [6.07, 6.45) is -4.40. The van der Waals surface area contributed by atoms with Crippen molar-refractivity contribution in [1.29, 1.82) is 0 Å². The first-order chi connectivity index (χ1) is 12.2. The number of nitrogens with zero attached hydrogens (tertiary/aromatic N) is 2. The Hall–Kier alpha value is -2.46. The van der Waals surface area contributed by atoms with Gasteiger partial charge in [0.1, 0.15) is 5.82 Å². The molecule has 0 atom stereocenters. The highest BCUT2D eigenvalue weighted by atomic mass is 19.4. The Morgan fingerprint density at radius 3 is 2.65 bits per heavy atom. The van der Waals surface area contributed by atoms with E-state index in [0.29, 0.717) is 0 Å². The molecule has 1 heterocycles. The maximum atomic E-state index is 12.7. The number of aromatic nitrogens is 2. The first-order valence-corrected chi connectivity index (χ1v) is 7.63. The molecule has 0 saturated heterocycles. The Kier molecular flexibility index (Phi) is 6.32. The molecule has 26 heavy (non-hydrogen) atoms. The SMILES string of the molecule is COCCN(Cc1nc2cc(C(=O)OC)ccc2c(=O)[nH]1)CC(F)(F)F. The summed E-state index contributed by atoms with van der Waals surface area (Å²) in [5.74, 6) is -0.542. The lowest BCUT2D eigenvalue weighted by molar-refractivity contribution is -0.148. The van der Waals surface area contributed by atoms with Crippen LogP contribution in [0.4, 0.5) is 13.2 Å². The van der Waals surface area contributed by atoms with Gasteiger partial charge in [0.15, 0.2) is 0 Å². The highest BCUT2D eigenvalue weighted by molar-refractivity contribution is 5.93. The van der Waals surface area contributed by atoms with Crippen molar-refractivity contribution >= 4 is 16.9 Å². The van der Waals surface area contributed by atoms with Gasteiger partial charge in [-0.25, -0.2) is 9.78 Å². The summed E-state index contributed by atoms with van der Waals surface area (Å²) in [6.45, 7) is -1.28. The van der Waals surface area contributed by atoms with E-state index in [9.17, 15) is 22.8 Å². The molecule has 1 N–H and O–H groups in total. The number of H-pyrrole nitrogens is 1. The third-order valence-electron chi connectivity index (χ3n) is 3.56. The zero-order valence-electron chi connectivity index (χ0n) is 14.2. The van der Waals surface area contributed by atoms with Gasteiger partial charge in [0.2, 0.25) is 0 Å². The average Bonchev–Trinajstić information content (AvgIpc) is 2.57. The minimum absolute atomic E-state index is 0.0138. The Balaban J connectivity index is 2.34. The van der Waals surface area contributed by atoms with Crippen molar-refractivity contribution in [3.8, 4) is 0 Å². The second kappa shape index (κ2) is 8.28. The fraction of sp³-hybridized carbons (Fsp3) is 0.438. The van der Waals surface area contributed by atoms with E-state index in [0.717, 1.165) is 4.90 Å². The summed E-state index contributed by atoms with van der Waals surface area (Å²) in [5.41, 5.74) is -0.110. The van der Waals surface area contributed by atoms with E-state index < -0.39 is 24.2 Å². The standard InChI is InChI=1S/C16H18F3N3O4/c1-25-6-5-22(9-16(17,18)19)8-13-20-12-7-10(15(24)26-2)3-4-11(12)14(23)21-13/h3-4,7H,5-6,8-9H2,1-2H3,(H,20,21,23). The lowest BCUT2D eigenvalue weighted by atomic mass is 10.1. The largest absolute Gasteiger partial charge is 0.465 e. The van der Waals surface area contributed by atoms with Crippen molar-refractivity contribution in [3.63, 3.8) is 0 Å². The molecular weight excluding hydrogens is 355 g/mol. The van der Waals surface area contributed by atoms with Crippen LogP contribution in [0.2, 0.25) is 0 Å². The molecule has 0 bridgehead atoms. The van der Waals surface area contributed by atoms with Crippen LogP contribution in [0.3, 0.4) is 0 Å². The predicted octanol–water partition coefficient (Wildman–Crippen LogP) is 1.72. The normalized spacial score (nSPS) is 11.9. The van der Waals surface area contributed by atoms with Crippen molar-refractivity contribution in [1.82, 2.24) is 14.9 Å². The molecule has 0 saturated carbocycles. The number of nitrogens with one attached hydrogen (secondary N) is 1. The Bertz CT molecular complexity index is 836. The Morgan fingerprint density at radius 2 is 2.04 bits per heavy atom. The van der Waals surface area contributed by atoms with Gasteiger partial charge >= 0.3 is 12.1 Å². The van der Waals surface area contributed by atoms with Crippen LogP contribution in [-0.4, -0.2) is 60.9 Å². The van der Waals surface area contributed by atoms with Crippen LogP contribution >= 0.6 is 0 Å². The van der Waals surface area contributed by atoms with Gasteiger partial charge in [-0.2, -0.15) is 13.2 Å². The Labute approximate surface area is 146 Å². The third kappa shape index (κ3) is 5.27. The van der Waals surface area contributed by atoms with Crippen molar-refractivity contribution in [2.75, 3.05) is 33.9 Å². The summed E-state index contributed by atoms with van der Waals surface area (Å²) in [6, 6.07) is 4.19. The van der Waals surface area contributed by atoms with Crippen molar-refractivity contribution in [2.24, 2.45) is 0 Å². The molecule has 0 radical (unpaired) electrons. The number of carbonyl (C=O) groups is 1. The van der Waals surface area contributed by atoms with Crippen molar-refractivity contribution in [2.45, 2.75) is 12.7 Å². The van der Waals surface area contributed by atoms with Gasteiger partial charge in [0.25, 0.3) is 5.56 Å². The van der Waals surface area contributed by atoms with E-state index >= 15 is 0 Å². The topological polar surface area (TPSA) is 84.5 Å². The molecule has 0 aliphatic heterocycles. The van der Waals surface area contributed by atoms with Crippen LogP contribution in [0.5, 0.6) is 0 Å². The van der Waals surface area contributed by atoms with Crippen molar-refractivity contribution in [3.05, 3.63) is 39.9 Å². The second-order valence-corrected chi connectivity index (χ2v) is 5.55. The van der Waals surface area contributed by atoms with E-state index in [1.165, 1.54) is 32.4 Å². The zero-order valence-corrected chi connectivity index (χ0v) is 14.2. The van der Waals surface area contributed by atoms with E-state index in [1.807, 2.05) is 0 Å². The van der Waals surface area contributed by atoms with Crippen LogP contribution in [0, 0.1) is 0 Å². The Morgan fingerprint density at radius 1 is 1.31 bits per heavy atom. The molecule has 0 aliphatic carbocycles. The molecule has 1 aromatic carbocycles. The lowest BCUT2D eigenvalue weighted by Gasteiger charge is -2.22. The first kappa shape index (κ1) is 19.9. The number of hydrogen-bond acceptors (Lipinski definition) is 6. The lowest BCUT2D eigenvalue weighted by Crippen LogP contribution is -2.37. The average molecular weight is 373 g/mol. The highest BCUT2D eigenvalue weighted by Gasteiger charge is 2.30. The number of benzene rings is 1. The van der Waals surface area contributed by atoms with E-state index in [2.05, 4.69) is 14.7 Å². The maximum absolute atomic E-state index is 12.7. The molecule has 1 aromatic heterocycles. The van der Waals surface area contributed by atoms with E-state index in [1.54, 1.807) is 0 Å². The molecule has 7 nitrogen and oxygen atoms in total. The van der Waals surface area contributed by atoms with Crippen LogP contribution in [0.25, 0.3) is 10.9 Å². The summed E-state index contributed by atoms with van der Waals surface area (Å²) >= 11 is 0. The summed E-state index contributed by atoms with van der Waals surface area (Å²) in [7, 11) is 2.60. The van der Waals surface area contributed by atoms with Crippen molar-refractivity contribution < 1.29 is 27.4 Å². The second-order valence-electron chi connectivity index (χ2n) is 5.55. The third-order valence-corrected chi connectivity index (χ3v) is 3.56. The number of esters is 1. The fourth-order valence-corrected chi connectivity index (χ4v) is 2.41. The monoisotopic (exact) mass is 373 g/mol. The summed E-state index contributed by atoms with van der Waals surface area (Å²) in [5, 5.41) is 0.223. The predicted molar refractivity (Wildman–Crippen MR) is 86.9 cm³/mol. The molecule has 0 spiro atoms. The number of rotatable bonds is 7. The number of ether oxygens (including phenoxy) is 2. The highest BCUT2D eigenvalue weighted by Crippen LogP contribution is 2.18. The molecular formula is C16H18F3N3O4. The van der Waals surface area contributed by atoms with Gasteiger partial charge < -0.3 is 14.5 Å². The van der Waals surface area contributed by atoms with Gasteiger partial charge in [-0.1, -0.05) is 0 Å². The van der Waals surface area contributed by atoms with Gasteiger partial charge in [-0.15, -0.1) is 0 Å². The number of aromatic amines is 1. The minimum atomic E-state index is -4.40. The van der Waals surface area contributed by atoms with Crippen LogP contribution in [0.15, 0.2) is 23.0 Å². The van der Waals surface area contributed by atoms with Gasteiger partial charge in [0.05, 0.1) is 43.3 Å². The molecule has 0 aliphatic rings. The van der Waals surface area contributed by atoms with Gasteiger partial charge in [-0.3, -0.25) is 9.69 Å². The van der Waals surface area contributed by atoms with Crippen LogP contribution in [0.1, 0.15) is 16.2 Å². The summed E-state index contributed by atoms with van der Waals surface area (Å²) < 4.78 is 47.6. The number of fused-ring (bicyclic) bond motifs is 1. The molecule has 0 amide bonds. The van der Waals surface area contributed by atoms with Crippen LogP contribution in [-0.2, 0) is 16.0 Å². The van der Waals surface area contributed by atoms with Crippen LogP contribution < -0.4 is 5.56 Å². The maximum Gasteiger partial charge on any atom is 0.401 e. The molecule has 2 aromatic rings. The quantitative estimate of drug-likeness (QED) is 0.744. The molecule has 0 fully saturated rings. The van der Waals surface area contributed by atoms with Gasteiger partial charge in [0, 0.05) is 13.7 Å². The number of halogens is 3. The molecule has 0 unspecified atom stereocenters. The molecule has 142 valence electrons. The zero-order chi connectivity index (χ0) is 19.3. The number of methoxy groups -OCH3 is 2. The minimum Gasteiger partial charge on any atom is -0.465 e. The molecule has 10 heteroatoms. The van der Waals surface area contributed by atoms with E-state index in [-0.39, 0.29) is 42.0 Å². The number of carbonyl (C=O) groups excluding carboxylic acids is 1. The number of hydrogen-bond donors (Lipinski definition) is 1. The summed E-state index contributed by atoms with van der Waals surface area (Å²) in [4.78, 5) is 31.5. The van der Waals surface area contributed by atoms with Gasteiger partial charge in [-0.05, 0) is 18.2 Å². The first-order valence-electron chi connectivity index (χ1n) is 7.63. The fourth-order valence-electron chi connectivity index (χ4n) is 2.41. The smallest absolute Gasteiger partial charge is 0.401 e. The van der Waals surface area contributed by atoms with E-state index in [4.69, 9.17) is 4.74 Å². The number of alkyl halides is 3. The molecule has 2 rings (SSSR count).